The van der Waals surface area contributed by atoms with Crippen LogP contribution in [0.3, 0.4) is 0 Å². The molecule has 3 nitrogen and oxygen atoms in total. The smallest absolute Gasteiger partial charge is 0.0697 e. The third-order valence-electron chi connectivity index (χ3n) is 4.59. The monoisotopic (exact) mass is 225 g/mol. The first-order valence-electron chi connectivity index (χ1n) is 6.84. The molecule has 1 atom stereocenters. The number of aliphatic hydroxyl groups is 1. The Balaban J connectivity index is 1.52. The molecule has 1 aliphatic heterocycles. The molecule has 2 aliphatic carbocycles. The lowest BCUT2D eigenvalue weighted by Gasteiger charge is -2.42. The lowest BCUT2D eigenvalue weighted by molar-refractivity contribution is -0.0875. The minimum atomic E-state index is -0.0437. The Morgan fingerprint density at radius 1 is 1.12 bits per heavy atom. The highest BCUT2D eigenvalue weighted by Gasteiger charge is 2.41. The Hall–Kier alpha value is -0.120. The molecule has 0 radical (unpaired) electrons. The summed E-state index contributed by atoms with van der Waals surface area (Å²) in [5.41, 5.74) is 0.221. The molecule has 3 aliphatic rings. The van der Waals surface area contributed by atoms with E-state index in [1.165, 1.54) is 32.1 Å². The zero-order valence-electron chi connectivity index (χ0n) is 9.95. The third kappa shape index (κ3) is 2.13. The molecule has 0 aromatic carbocycles. The Bertz CT molecular complexity index is 244. The van der Waals surface area contributed by atoms with E-state index in [0.29, 0.717) is 12.1 Å². The Labute approximate surface area is 97.6 Å². The van der Waals surface area contributed by atoms with Gasteiger partial charge in [0.15, 0.2) is 0 Å². The van der Waals surface area contributed by atoms with E-state index in [2.05, 4.69) is 5.32 Å². The summed E-state index contributed by atoms with van der Waals surface area (Å²) >= 11 is 0. The molecular weight excluding hydrogens is 202 g/mol. The summed E-state index contributed by atoms with van der Waals surface area (Å²) in [5.74, 6) is 0. The van der Waals surface area contributed by atoms with Gasteiger partial charge < -0.3 is 15.2 Å². The minimum absolute atomic E-state index is 0.0437. The van der Waals surface area contributed by atoms with Gasteiger partial charge in [-0.25, -0.2) is 0 Å². The molecular formula is C13H23NO2. The van der Waals surface area contributed by atoms with E-state index in [0.717, 1.165) is 25.9 Å². The number of aliphatic hydroxyl groups excluding tert-OH is 1. The maximum absolute atomic E-state index is 9.29. The average Bonchev–Trinajstić information content (AvgIpc) is 2.64. The molecule has 0 aromatic rings. The van der Waals surface area contributed by atoms with E-state index < -0.39 is 0 Å². The fourth-order valence-corrected chi connectivity index (χ4v) is 3.60. The van der Waals surface area contributed by atoms with Gasteiger partial charge in [0, 0.05) is 18.7 Å². The van der Waals surface area contributed by atoms with Crippen molar-refractivity contribution < 1.29 is 9.84 Å². The van der Waals surface area contributed by atoms with Gasteiger partial charge in [-0.2, -0.15) is 0 Å². The van der Waals surface area contributed by atoms with Crippen molar-refractivity contribution in [2.45, 2.75) is 75.2 Å². The Morgan fingerprint density at radius 2 is 1.88 bits per heavy atom. The van der Waals surface area contributed by atoms with E-state index in [-0.39, 0.29) is 11.7 Å². The lowest BCUT2D eigenvalue weighted by Crippen LogP contribution is -2.53. The van der Waals surface area contributed by atoms with Gasteiger partial charge >= 0.3 is 0 Å². The van der Waals surface area contributed by atoms with Crippen LogP contribution in [0.1, 0.15) is 51.4 Å². The highest BCUT2D eigenvalue weighted by molar-refractivity contribution is 4.96. The van der Waals surface area contributed by atoms with Crippen molar-refractivity contribution in [2.24, 2.45) is 0 Å². The van der Waals surface area contributed by atoms with Crippen molar-refractivity contribution in [3.63, 3.8) is 0 Å². The summed E-state index contributed by atoms with van der Waals surface area (Å²) in [6.45, 7) is 0.924. The predicted octanol–water partition coefficient (Wildman–Crippen LogP) is 1.59. The summed E-state index contributed by atoms with van der Waals surface area (Å²) in [4.78, 5) is 0. The van der Waals surface area contributed by atoms with E-state index in [1.807, 2.05) is 0 Å². The molecule has 3 rings (SSSR count). The van der Waals surface area contributed by atoms with Crippen LogP contribution in [0.25, 0.3) is 0 Å². The molecule has 3 fully saturated rings. The van der Waals surface area contributed by atoms with Crippen LogP contribution < -0.4 is 5.32 Å². The highest BCUT2D eigenvalue weighted by atomic mass is 16.5. The largest absolute Gasteiger partial charge is 0.393 e. The maximum Gasteiger partial charge on any atom is 0.0697 e. The van der Waals surface area contributed by atoms with Crippen LogP contribution in [0, 0.1) is 0 Å². The molecule has 0 amide bonds. The van der Waals surface area contributed by atoms with Gasteiger partial charge in [-0.3, -0.25) is 0 Å². The third-order valence-corrected chi connectivity index (χ3v) is 4.59. The van der Waals surface area contributed by atoms with E-state index in [9.17, 15) is 5.11 Å². The first-order chi connectivity index (χ1) is 7.76. The molecule has 1 unspecified atom stereocenters. The second-order valence-electron chi connectivity index (χ2n) is 5.92. The van der Waals surface area contributed by atoms with Crippen molar-refractivity contribution in [1.29, 1.82) is 0 Å². The van der Waals surface area contributed by atoms with E-state index >= 15 is 0 Å². The van der Waals surface area contributed by atoms with Crippen molar-refractivity contribution in [2.75, 3.05) is 6.61 Å². The molecule has 1 saturated heterocycles. The normalized spacial score (nSPS) is 42.2. The Kier molecular flexibility index (Phi) is 2.94. The van der Waals surface area contributed by atoms with Crippen molar-refractivity contribution in [3.8, 4) is 0 Å². The van der Waals surface area contributed by atoms with Gasteiger partial charge in [-0.15, -0.1) is 0 Å². The standard InChI is InChI=1S/C13H23NO2/c15-12-7-11(8-12)14-10-3-6-16-13(9-10)4-1-2-5-13/h10-12,14-15H,1-9H2. The van der Waals surface area contributed by atoms with Crippen molar-refractivity contribution >= 4 is 0 Å². The quantitative estimate of drug-likeness (QED) is 0.750. The van der Waals surface area contributed by atoms with Crippen LogP contribution in [0.15, 0.2) is 0 Å². The Morgan fingerprint density at radius 3 is 2.56 bits per heavy atom. The van der Waals surface area contributed by atoms with Gasteiger partial charge in [0.2, 0.25) is 0 Å². The second-order valence-corrected chi connectivity index (χ2v) is 5.92. The average molecular weight is 225 g/mol. The first-order valence-corrected chi connectivity index (χ1v) is 6.84. The highest BCUT2D eigenvalue weighted by Crippen LogP contribution is 2.40. The maximum atomic E-state index is 9.29. The fourth-order valence-electron chi connectivity index (χ4n) is 3.60. The second kappa shape index (κ2) is 4.28. The molecule has 0 bridgehead atoms. The first kappa shape index (κ1) is 11.0. The molecule has 2 saturated carbocycles. The molecule has 1 spiro atoms. The summed E-state index contributed by atoms with van der Waals surface area (Å²) in [6, 6.07) is 1.20. The number of rotatable bonds is 2. The van der Waals surface area contributed by atoms with Crippen LogP contribution in [0.4, 0.5) is 0 Å². The van der Waals surface area contributed by atoms with Gasteiger partial charge in [0.1, 0.15) is 0 Å². The van der Waals surface area contributed by atoms with E-state index in [4.69, 9.17) is 4.74 Å². The zero-order chi connectivity index (χ0) is 11.0. The number of ether oxygens (including phenoxy) is 1. The molecule has 2 N–H and O–H groups in total. The van der Waals surface area contributed by atoms with Crippen LogP contribution in [-0.4, -0.2) is 35.5 Å². The van der Waals surface area contributed by atoms with Crippen LogP contribution >= 0.6 is 0 Å². The van der Waals surface area contributed by atoms with Crippen molar-refractivity contribution in [1.82, 2.24) is 5.32 Å². The topological polar surface area (TPSA) is 41.5 Å². The van der Waals surface area contributed by atoms with Gasteiger partial charge in [0.25, 0.3) is 0 Å². The molecule has 1 heterocycles. The molecule has 3 heteroatoms. The predicted molar refractivity (Wildman–Crippen MR) is 62.3 cm³/mol. The number of hydrogen-bond donors (Lipinski definition) is 2. The van der Waals surface area contributed by atoms with E-state index in [1.54, 1.807) is 0 Å². The SMILES string of the molecule is OC1CC(NC2CCOC3(CCCC3)C2)C1. The zero-order valence-corrected chi connectivity index (χ0v) is 9.95. The van der Waals surface area contributed by atoms with Gasteiger partial charge in [-0.05, 0) is 38.5 Å². The summed E-state index contributed by atoms with van der Waals surface area (Å²) in [5, 5.41) is 13.0. The van der Waals surface area contributed by atoms with Gasteiger partial charge in [-0.1, -0.05) is 12.8 Å². The molecule has 0 aromatic heterocycles. The van der Waals surface area contributed by atoms with Crippen LogP contribution in [-0.2, 0) is 4.74 Å². The van der Waals surface area contributed by atoms with Crippen LogP contribution in [0.5, 0.6) is 0 Å². The molecule has 92 valence electrons. The number of nitrogens with one attached hydrogen (secondary N) is 1. The van der Waals surface area contributed by atoms with Gasteiger partial charge in [0.05, 0.1) is 11.7 Å². The minimum Gasteiger partial charge on any atom is -0.393 e. The molecule has 16 heavy (non-hydrogen) atoms. The summed E-state index contributed by atoms with van der Waals surface area (Å²) in [7, 11) is 0. The summed E-state index contributed by atoms with van der Waals surface area (Å²) < 4.78 is 6.02. The van der Waals surface area contributed by atoms with Crippen LogP contribution in [0.2, 0.25) is 0 Å². The van der Waals surface area contributed by atoms with Crippen molar-refractivity contribution in [3.05, 3.63) is 0 Å². The number of hydrogen-bond acceptors (Lipinski definition) is 3. The lowest BCUT2D eigenvalue weighted by atomic mass is 9.85. The summed E-state index contributed by atoms with van der Waals surface area (Å²) in [6.07, 6.45) is 9.40. The fraction of sp³-hybridized carbons (Fsp3) is 1.00.